The van der Waals surface area contributed by atoms with Crippen molar-refractivity contribution in [1.82, 2.24) is 0 Å². The van der Waals surface area contributed by atoms with Crippen LogP contribution in [0.2, 0.25) is 0 Å². The molecule has 0 aliphatic heterocycles. The fourth-order valence-corrected chi connectivity index (χ4v) is 7.59. The topological polar surface area (TPSA) is 77.8 Å². The second-order valence-electron chi connectivity index (χ2n) is 10.6. The molecule has 174 valence electrons. The minimum absolute atomic E-state index is 0.0234. The van der Waals surface area contributed by atoms with Crippen LogP contribution in [0.4, 0.5) is 5.69 Å². The van der Waals surface area contributed by atoms with Crippen LogP contribution < -0.4 is 4.90 Å². The number of fused-ring (bicyclic) bond motifs is 2. The number of carboxylic acids is 1. The number of aliphatic hydroxyl groups excluding tert-OH is 1. The van der Waals surface area contributed by atoms with Gasteiger partial charge in [0.15, 0.2) is 0 Å². The number of amides is 1. The Hall–Kier alpha value is -1.66. The molecule has 2 N–H and O–H groups in total. The monoisotopic (exact) mass is 457 g/mol. The molecule has 3 fully saturated rings. The van der Waals surface area contributed by atoms with Gasteiger partial charge in [0.05, 0.1) is 11.8 Å². The van der Waals surface area contributed by atoms with Crippen LogP contribution in [0.3, 0.4) is 0 Å². The number of allylic oxidation sites excluding steroid dienone is 2. The summed E-state index contributed by atoms with van der Waals surface area (Å²) in [7, 11) is 0. The van der Waals surface area contributed by atoms with Gasteiger partial charge in [0.1, 0.15) is 4.88 Å². The Morgan fingerprint density at radius 2 is 1.72 bits per heavy atom. The van der Waals surface area contributed by atoms with Crippen molar-refractivity contribution in [3.63, 3.8) is 0 Å². The number of hydrogen-bond acceptors (Lipinski definition) is 4. The SMILES string of the molecule is C[C@H]1CC[C@H](C(=O)N(c2cc(C3=CC4CCC3C4)sc2C(=O)O)[C@H]2CC[C@H](O)CC2)CC1. The Labute approximate surface area is 194 Å². The molecule has 2 bridgehead atoms. The molecule has 2 atom stereocenters. The maximum absolute atomic E-state index is 13.9. The molecule has 0 saturated heterocycles. The second kappa shape index (κ2) is 8.94. The number of aromatic carboxylic acids is 1. The molecule has 5 rings (SSSR count). The molecule has 1 aromatic heterocycles. The molecule has 2 unspecified atom stereocenters. The third-order valence-electron chi connectivity index (χ3n) is 8.41. The molecular formula is C26H35NO4S. The molecule has 0 aromatic carbocycles. The molecule has 4 aliphatic rings. The van der Waals surface area contributed by atoms with E-state index in [4.69, 9.17) is 0 Å². The van der Waals surface area contributed by atoms with Crippen LogP contribution in [0.1, 0.15) is 92.1 Å². The van der Waals surface area contributed by atoms with Gasteiger partial charge in [-0.15, -0.1) is 11.3 Å². The Morgan fingerprint density at radius 1 is 1.00 bits per heavy atom. The first-order chi connectivity index (χ1) is 15.4. The number of nitrogens with zero attached hydrogens (tertiary/aromatic N) is 1. The van der Waals surface area contributed by atoms with Gasteiger partial charge in [-0.1, -0.05) is 13.0 Å². The van der Waals surface area contributed by atoms with Crippen LogP contribution in [0, 0.1) is 23.7 Å². The quantitative estimate of drug-likeness (QED) is 0.592. The van der Waals surface area contributed by atoms with Crippen molar-refractivity contribution in [3.8, 4) is 0 Å². The van der Waals surface area contributed by atoms with E-state index in [2.05, 4.69) is 13.0 Å². The third-order valence-corrected chi connectivity index (χ3v) is 9.57. The van der Waals surface area contributed by atoms with E-state index < -0.39 is 5.97 Å². The maximum atomic E-state index is 13.9. The smallest absolute Gasteiger partial charge is 0.348 e. The number of aliphatic hydroxyl groups is 1. The highest BCUT2D eigenvalue weighted by Crippen LogP contribution is 2.51. The summed E-state index contributed by atoms with van der Waals surface area (Å²) in [5.41, 5.74) is 1.91. The predicted octanol–water partition coefficient (Wildman–Crippen LogP) is 5.72. The highest BCUT2D eigenvalue weighted by Gasteiger charge is 2.39. The molecule has 32 heavy (non-hydrogen) atoms. The third kappa shape index (κ3) is 4.16. The fraction of sp³-hybridized carbons (Fsp3) is 0.692. The zero-order valence-electron chi connectivity index (χ0n) is 19.0. The van der Waals surface area contributed by atoms with Gasteiger partial charge < -0.3 is 15.1 Å². The van der Waals surface area contributed by atoms with Gasteiger partial charge in [-0.3, -0.25) is 4.79 Å². The first-order valence-electron chi connectivity index (χ1n) is 12.5. The lowest BCUT2D eigenvalue weighted by Gasteiger charge is -2.38. The van der Waals surface area contributed by atoms with Crippen LogP contribution in [0.25, 0.3) is 5.57 Å². The lowest BCUT2D eigenvalue weighted by Crippen LogP contribution is -2.47. The van der Waals surface area contributed by atoms with Gasteiger partial charge in [0, 0.05) is 16.8 Å². The average molecular weight is 458 g/mol. The molecule has 1 heterocycles. The largest absolute Gasteiger partial charge is 0.477 e. The highest BCUT2D eigenvalue weighted by atomic mass is 32.1. The normalized spacial score (nSPS) is 34.4. The molecular weight excluding hydrogens is 422 g/mol. The summed E-state index contributed by atoms with van der Waals surface area (Å²) >= 11 is 1.35. The number of carbonyl (C=O) groups excluding carboxylic acids is 1. The number of carbonyl (C=O) groups is 2. The molecule has 3 saturated carbocycles. The minimum Gasteiger partial charge on any atom is -0.477 e. The van der Waals surface area contributed by atoms with Crippen molar-refractivity contribution >= 4 is 34.5 Å². The molecule has 5 nitrogen and oxygen atoms in total. The number of hydrogen-bond donors (Lipinski definition) is 2. The standard InChI is InChI=1S/C26H35NO4S/c1-15-2-5-17(6-3-15)25(29)27(19-8-10-20(28)11-9-19)22-14-23(32-24(22)26(30)31)21-13-16-4-7-18(21)12-16/h13-20,28H,2-12H2,1H3,(H,30,31)/t15-,16?,17-,18?,19-,20-. The summed E-state index contributed by atoms with van der Waals surface area (Å²) < 4.78 is 0. The number of anilines is 1. The van der Waals surface area contributed by atoms with E-state index in [9.17, 15) is 19.8 Å². The van der Waals surface area contributed by atoms with Gasteiger partial charge in [-0.05, 0) is 100 Å². The van der Waals surface area contributed by atoms with E-state index in [0.29, 0.717) is 41.2 Å². The first kappa shape index (κ1) is 22.1. The van der Waals surface area contributed by atoms with Gasteiger partial charge in [-0.2, -0.15) is 0 Å². The lowest BCUT2D eigenvalue weighted by molar-refractivity contribution is -0.124. The number of rotatable bonds is 5. The zero-order chi connectivity index (χ0) is 22.4. The summed E-state index contributed by atoms with van der Waals surface area (Å²) in [6, 6.07) is 1.98. The van der Waals surface area contributed by atoms with E-state index in [1.807, 2.05) is 11.0 Å². The van der Waals surface area contributed by atoms with Crippen LogP contribution >= 0.6 is 11.3 Å². The van der Waals surface area contributed by atoms with Crippen molar-refractivity contribution in [1.29, 1.82) is 0 Å². The number of carboxylic acid groups (broad SMARTS) is 1. The van der Waals surface area contributed by atoms with E-state index in [-0.39, 0.29) is 24.0 Å². The predicted molar refractivity (Wildman–Crippen MR) is 127 cm³/mol. The van der Waals surface area contributed by atoms with Crippen molar-refractivity contribution in [2.75, 3.05) is 4.90 Å². The zero-order valence-corrected chi connectivity index (χ0v) is 19.8. The van der Waals surface area contributed by atoms with E-state index in [0.717, 1.165) is 43.4 Å². The van der Waals surface area contributed by atoms with Crippen molar-refractivity contribution < 1.29 is 19.8 Å². The summed E-state index contributed by atoms with van der Waals surface area (Å²) in [5.74, 6) is 0.977. The lowest BCUT2D eigenvalue weighted by atomic mass is 9.81. The van der Waals surface area contributed by atoms with Crippen LogP contribution in [-0.4, -0.2) is 34.2 Å². The van der Waals surface area contributed by atoms with E-state index in [1.165, 1.54) is 36.2 Å². The van der Waals surface area contributed by atoms with Crippen molar-refractivity contribution in [3.05, 3.63) is 21.9 Å². The van der Waals surface area contributed by atoms with Gasteiger partial charge in [0.25, 0.3) is 0 Å². The van der Waals surface area contributed by atoms with Crippen LogP contribution in [0.5, 0.6) is 0 Å². The molecule has 6 heteroatoms. The molecule has 4 aliphatic carbocycles. The summed E-state index contributed by atoms with van der Waals surface area (Å²) in [4.78, 5) is 29.4. The van der Waals surface area contributed by atoms with E-state index in [1.54, 1.807) is 0 Å². The van der Waals surface area contributed by atoms with Crippen LogP contribution in [-0.2, 0) is 4.79 Å². The van der Waals surface area contributed by atoms with E-state index >= 15 is 0 Å². The minimum atomic E-state index is -0.939. The van der Waals surface area contributed by atoms with Crippen molar-refractivity contribution in [2.45, 2.75) is 89.7 Å². The Balaban J connectivity index is 1.51. The first-order valence-corrected chi connectivity index (χ1v) is 13.3. The molecule has 0 spiro atoms. The van der Waals surface area contributed by atoms with Crippen LogP contribution in [0.15, 0.2) is 12.1 Å². The molecule has 1 aromatic rings. The Bertz CT molecular complexity index is 905. The van der Waals surface area contributed by atoms with Gasteiger partial charge >= 0.3 is 5.97 Å². The number of thiophene rings is 1. The van der Waals surface area contributed by atoms with Gasteiger partial charge in [-0.25, -0.2) is 4.79 Å². The van der Waals surface area contributed by atoms with Gasteiger partial charge in [0.2, 0.25) is 5.91 Å². The molecule has 1 amide bonds. The Kier molecular flexibility index (Phi) is 6.19. The average Bonchev–Trinajstić information content (AvgIpc) is 3.51. The highest BCUT2D eigenvalue weighted by molar-refractivity contribution is 7.15. The second-order valence-corrected chi connectivity index (χ2v) is 11.7. The maximum Gasteiger partial charge on any atom is 0.348 e. The molecule has 0 radical (unpaired) electrons. The summed E-state index contributed by atoms with van der Waals surface area (Å²) in [6.07, 6.45) is 12.4. The van der Waals surface area contributed by atoms with Crippen molar-refractivity contribution in [2.24, 2.45) is 23.7 Å². The Morgan fingerprint density at radius 3 is 2.31 bits per heavy atom. The fourth-order valence-electron chi connectivity index (χ4n) is 6.49. The summed E-state index contributed by atoms with van der Waals surface area (Å²) in [6.45, 7) is 2.25. The summed E-state index contributed by atoms with van der Waals surface area (Å²) in [5, 5.41) is 20.1.